The van der Waals surface area contributed by atoms with Gasteiger partial charge in [-0.2, -0.15) is 5.10 Å². The van der Waals surface area contributed by atoms with Gasteiger partial charge in [-0.3, -0.25) is 9.58 Å². The van der Waals surface area contributed by atoms with Crippen molar-refractivity contribution in [2.24, 2.45) is 0 Å². The third-order valence-electron chi connectivity index (χ3n) is 4.47. The third-order valence-corrected chi connectivity index (χ3v) is 5.33. The number of rotatable bonds is 8. The van der Waals surface area contributed by atoms with E-state index in [4.69, 9.17) is 0 Å². The summed E-state index contributed by atoms with van der Waals surface area (Å²) in [6, 6.07) is 6.84. The molecule has 4 nitrogen and oxygen atoms in total. The van der Waals surface area contributed by atoms with Crippen LogP contribution in [0.4, 0.5) is 4.39 Å². The number of halogens is 1. The molecule has 3 heterocycles. The molecule has 1 aliphatic rings. The number of likely N-dealkylation sites (tertiary alicyclic amines) is 1. The maximum absolute atomic E-state index is 13.8. The fourth-order valence-corrected chi connectivity index (χ4v) is 3.86. The Hall–Kier alpha value is -1.24. The van der Waals surface area contributed by atoms with E-state index >= 15 is 0 Å². The van der Waals surface area contributed by atoms with Gasteiger partial charge in [-0.25, -0.2) is 4.39 Å². The van der Waals surface area contributed by atoms with Crippen LogP contribution in [0.25, 0.3) is 0 Å². The summed E-state index contributed by atoms with van der Waals surface area (Å²) in [5.41, 5.74) is 0. The minimum absolute atomic E-state index is 0.291. The van der Waals surface area contributed by atoms with Crippen LogP contribution in [0.1, 0.15) is 24.6 Å². The van der Waals surface area contributed by atoms with Gasteiger partial charge in [-0.05, 0) is 37.3 Å². The predicted molar refractivity (Wildman–Crippen MR) is 92.3 cm³/mol. The fraction of sp³-hybridized carbons (Fsp3) is 0.588. The molecule has 3 rings (SSSR count). The molecular weight excluding hydrogens is 311 g/mol. The number of hydrogen-bond donors (Lipinski definition) is 1. The van der Waals surface area contributed by atoms with Gasteiger partial charge in [0.2, 0.25) is 0 Å². The molecule has 23 heavy (non-hydrogen) atoms. The summed E-state index contributed by atoms with van der Waals surface area (Å²) in [4.78, 5) is 3.60. The summed E-state index contributed by atoms with van der Waals surface area (Å²) < 4.78 is 15.8. The first-order valence-corrected chi connectivity index (χ1v) is 9.20. The molecule has 1 saturated heterocycles. The molecular formula is C17H25FN4S. The lowest BCUT2D eigenvalue weighted by molar-refractivity contribution is 0.227. The number of hydrogen-bond acceptors (Lipinski definition) is 4. The first-order chi connectivity index (χ1) is 11.2. The van der Waals surface area contributed by atoms with Crippen LogP contribution in [0.2, 0.25) is 0 Å². The fourth-order valence-electron chi connectivity index (χ4n) is 3.13. The molecule has 0 spiro atoms. The molecule has 0 aromatic carbocycles. The van der Waals surface area contributed by atoms with Crippen molar-refractivity contribution in [1.82, 2.24) is 20.0 Å². The van der Waals surface area contributed by atoms with Crippen LogP contribution in [0.5, 0.6) is 0 Å². The molecule has 0 radical (unpaired) electrons. The Bertz CT molecular complexity index is 557. The Labute approximate surface area is 141 Å². The van der Waals surface area contributed by atoms with Crippen LogP contribution in [-0.4, -0.2) is 46.0 Å². The molecule has 1 N–H and O–H groups in total. The van der Waals surface area contributed by atoms with Gasteiger partial charge in [-0.15, -0.1) is 11.3 Å². The van der Waals surface area contributed by atoms with E-state index in [0.29, 0.717) is 25.0 Å². The van der Waals surface area contributed by atoms with Crippen LogP contribution in [0, 0.1) is 0 Å². The molecule has 1 aliphatic heterocycles. The largest absolute Gasteiger partial charge is 0.313 e. The molecule has 0 unspecified atom stereocenters. The first kappa shape index (κ1) is 16.6. The molecule has 2 aromatic heterocycles. The maximum atomic E-state index is 13.8. The highest BCUT2D eigenvalue weighted by atomic mass is 32.1. The quantitative estimate of drug-likeness (QED) is 0.805. The third kappa shape index (κ3) is 4.86. The van der Waals surface area contributed by atoms with Crippen molar-refractivity contribution in [1.29, 1.82) is 0 Å². The number of aromatic nitrogens is 2. The molecule has 0 aliphatic carbocycles. The minimum atomic E-state index is -0.693. The lowest BCUT2D eigenvalue weighted by atomic mass is 10.1. The van der Waals surface area contributed by atoms with Crippen molar-refractivity contribution in [3.05, 3.63) is 40.8 Å². The van der Waals surface area contributed by atoms with E-state index in [0.717, 1.165) is 26.1 Å². The van der Waals surface area contributed by atoms with E-state index < -0.39 is 6.17 Å². The molecule has 0 saturated carbocycles. The minimum Gasteiger partial charge on any atom is -0.313 e. The number of nitrogens with zero attached hydrogens (tertiary/aromatic N) is 3. The van der Waals surface area contributed by atoms with Gasteiger partial charge in [-0.1, -0.05) is 6.07 Å². The zero-order valence-corrected chi connectivity index (χ0v) is 14.4. The molecule has 0 amide bonds. The predicted octanol–water partition coefficient (Wildman–Crippen LogP) is 2.93. The number of nitrogens with one attached hydrogen (secondary N) is 1. The molecule has 2 aromatic rings. The van der Waals surface area contributed by atoms with E-state index in [2.05, 4.69) is 39.8 Å². The average molecular weight is 336 g/mol. The summed E-state index contributed by atoms with van der Waals surface area (Å²) >= 11 is 1.75. The molecule has 3 atom stereocenters. The van der Waals surface area contributed by atoms with Gasteiger partial charge in [0, 0.05) is 55.5 Å². The van der Waals surface area contributed by atoms with E-state index in [1.165, 1.54) is 4.88 Å². The summed E-state index contributed by atoms with van der Waals surface area (Å²) in [6.07, 6.45) is 4.77. The molecule has 0 bridgehead atoms. The van der Waals surface area contributed by atoms with Gasteiger partial charge >= 0.3 is 0 Å². The smallest absolute Gasteiger partial charge is 0.114 e. The highest BCUT2D eigenvalue weighted by Gasteiger charge is 2.32. The van der Waals surface area contributed by atoms with Crippen molar-refractivity contribution >= 4 is 11.3 Å². The van der Waals surface area contributed by atoms with Gasteiger partial charge in [0.1, 0.15) is 6.17 Å². The number of alkyl halides is 1. The Morgan fingerprint density at radius 3 is 3.13 bits per heavy atom. The molecule has 6 heteroatoms. The Morgan fingerprint density at radius 1 is 1.48 bits per heavy atom. The van der Waals surface area contributed by atoms with Gasteiger partial charge in [0.25, 0.3) is 0 Å². The lowest BCUT2D eigenvalue weighted by Crippen LogP contribution is -2.40. The molecule has 126 valence electrons. The van der Waals surface area contributed by atoms with E-state index in [9.17, 15) is 4.39 Å². The van der Waals surface area contributed by atoms with Crippen LogP contribution < -0.4 is 5.32 Å². The van der Waals surface area contributed by atoms with Crippen LogP contribution >= 0.6 is 11.3 Å². The highest BCUT2D eigenvalue weighted by molar-refractivity contribution is 7.09. The zero-order valence-electron chi connectivity index (χ0n) is 13.6. The Morgan fingerprint density at radius 2 is 2.39 bits per heavy atom. The van der Waals surface area contributed by atoms with E-state index in [1.807, 2.05) is 16.9 Å². The number of aryl methyl sites for hydroxylation is 1. The van der Waals surface area contributed by atoms with Crippen molar-refractivity contribution in [2.75, 3.05) is 13.1 Å². The van der Waals surface area contributed by atoms with Crippen LogP contribution in [0.3, 0.4) is 0 Å². The summed E-state index contributed by atoms with van der Waals surface area (Å²) in [7, 11) is 0. The second-order valence-electron chi connectivity index (χ2n) is 6.36. The second-order valence-corrected chi connectivity index (χ2v) is 7.39. The lowest BCUT2D eigenvalue weighted by Gasteiger charge is -2.25. The van der Waals surface area contributed by atoms with Crippen LogP contribution in [0.15, 0.2) is 36.0 Å². The van der Waals surface area contributed by atoms with Gasteiger partial charge in [0.05, 0.1) is 0 Å². The standard InChI is InChI=1S/C17H25FN4S/c1-14(5-8-22-7-3-6-20-22)19-11-16-10-15(18)12-21(16)13-17-4-2-9-23-17/h2-4,6-7,9,14-16,19H,5,8,10-13H2,1H3/t14-,15-,16-/m0/s1. The summed E-state index contributed by atoms with van der Waals surface area (Å²) in [5.74, 6) is 0. The molecule has 1 fully saturated rings. The zero-order chi connectivity index (χ0) is 16.1. The van der Waals surface area contributed by atoms with Crippen molar-refractivity contribution < 1.29 is 4.39 Å². The highest BCUT2D eigenvalue weighted by Crippen LogP contribution is 2.24. The normalized spacial score (nSPS) is 23.4. The Kier molecular flexibility index (Phi) is 5.80. The van der Waals surface area contributed by atoms with Crippen molar-refractivity contribution in [3.8, 4) is 0 Å². The van der Waals surface area contributed by atoms with E-state index in [-0.39, 0.29) is 0 Å². The maximum Gasteiger partial charge on any atom is 0.114 e. The Balaban J connectivity index is 1.43. The van der Waals surface area contributed by atoms with Gasteiger partial charge < -0.3 is 5.32 Å². The average Bonchev–Trinajstić information content (AvgIpc) is 3.26. The summed E-state index contributed by atoms with van der Waals surface area (Å²) in [6.45, 7) is 5.38. The number of thiophene rings is 1. The summed E-state index contributed by atoms with van der Waals surface area (Å²) in [5, 5.41) is 9.88. The van der Waals surface area contributed by atoms with Crippen molar-refractivity contribution in [2.45, 2.75) is 51.1 Å². The first-order valence-electron chi connectivity index (χ1n) is 8.32. The van der Waals surface area contributed by atoms with Gasteiger partial charge in [0.15, 0.2) is 0 Å². The second kappa shape index (κ2) is 8.04. The SMILES string of the molecule is C[C@@H](CCn1cccn1)NC[C@@H]1C[C@H](F)CN1Cc1cccs1. The van der Waals surface area contributed by atoms with Crippen LogP contribution in [-0.2, 0) is 13.1 Å². The van der Waals surface area contributed by atoms with Crippen molar-refractivity contribution in [3.63, 3.8) is 0 Å². The van der Waals surface area contributed by atoms with E-state index in [1.54, 1.807) is 17.5 Å². The topological polar surface area (TPSA) is 33.1 Å². The monoisotopic (exact) mass is 336 g/mol.